The third-order valence-electron chi connectivity index (χ3n) is 5.38. The molecule has 0 saturated carbocycles. The fourth-order valence-electron chi connectivity index (χ4n) is 3.61. The van der Waals surface area contributed by atoms with Gasteiger partial charge in [-0.3, -0.25) is 4.79 Å². The lowest BCUT2D eigenvalue weighted by Gasteiger charge is -2.12. The van der Waals surface area contributed by atoms with Crippen LogP contribution in [0, 0.1) is 0 Å². The molecule has 6 nitrogen and oxygen atoms in total. The molecule has 0 radical (unpaired) electrons. The van der Waals surface area contributed by atoms with Gasteiger partial charge in [-0.15, -0.1) is 0 Å². The van der Waals surface area contributed by atoms with Crippen LogP contribution in [0.4, 0.5) is 11.5 Å². The summed E-state index contributed by atoms with van der Waals surface area (Å²) in [5, 5.41) is 11.8. The van der Waals surface area contributed by atoms with E-state index >= 15 is 0 Å². The normalized spacial score (nSPS) is 10.9. The van der Waals surface area contributed by atoms with Crippen LogP contribution in [0.5, 0.6) is 0 Å². The lowest BCUT2D eigenvalue weighted by Crippen LogP contribution is -2.12. The average molecular weight is 567 g/mol. The number of carbonyl (C=O) groups is 1. The van der Waals surface area contributed by atoms with Gasteiger partial charge in [0.25, 0.3) is 5.91 Å². The van der Waals surface area contributed by atoms with Gasteiger partial charge in [0, 0.05) is 28.9 Å². The Bertz CT molecular complexity index is 1540. The van der Waals surface area contributed by atoms with Gasteiger partial charge in [0.1, 0.15) is 5.82 Å². The first-order valence-corrected chi connectivity index (χ1v) is 12.2. The van der Waals surface area contributed by atoms with Gasteiger partial charge >= 0.3 is 0 Å². The first-order valence-electron chi connectivity index (χ1n) is 10.7. The zero-order chi connectivity index (χ0) is 24.4. The summed E-state index contributed by atoms with van der Waals surface area (Å²) >= 11 is 16.1. The van der Waals surface area contributed by atoms with E-state index in [4.69, 9.17) is 28.2 Å². The second kappa shape index (κ2) is 10.1. The molecule has 35 heavy (non-hydrogen) atoms. The van der Waals surface area contributed by atoms with Gasteiger partial charge in [-0.05, 0) is 51.8 Å². The van der Waals surface area contributed by atoms with E-state index in [1.165, 1.54) is 0 Å². The van der Waals surface area contributed by atoms with Crippen LogP contribution in [0.15, 0.2) is 89.5 Å². The minimum Gasteiger partial charge on any atom is -0.366 e. The van der Waals surface area contributed by atoms with E-state index in [1.807, 2.05) is 54.6 Å². The van der Waals surface area contributed by atoms with Crippen molar-refractivity contribution in [3.05, 3.63) is 111 Å². The number of aromatic nitrogens is 3. The molecule has 0 aliphatic carbocycles. The SMILES string of the molecule is O=C(Nc1ccc(CNc2cc(-c3ccccc3Cl)nc3c(Br)cnn23)cc1)c1ccccc1Cl. The Morgan fingerprint density at radius 3 is 2.40 bits per heavy atom. The molecule has 0 aliphatic heterocycles. The summed E-state index contributed by atoms with van der Waals surface area (Å²) in [5.41, 5.74) is 4.40. The third kappa shape index (κ3) is 5.03. The molecule has 0 fully saturated rings. The Labute approximate surface area is 220 Å². The number of halogens is 3. The molecule has 2 aromatic heterocycles. The fourth-order valence-corrected chi connectivity index (χ4v) is 4.41. The maximum atomic E-state index is 12.5. The smallest absolute Gasteiger partial charge is 0.257 e. The molecule has 5 aromatic rings. The molecule has 0 bridgehead atoms. The van der Waals surface area contributed by atoms with Crippen LogP contribution in [-0.2, 0) is 6.54 Å². The molecule has 9 heteroatoms. The van der Waals surface area contributed by atoms with Crippen LogP contribution >= 0.6 is 39.1 Å². The fraction of sp³-hybridized carbons (Fsp3) is 0.0385. The predicted molar refractivity (Wildman–Crippen MR) is 144 cm³/mol. The van der Waals surface area contributed by atoms with Gasteiger partial charge in [0.15, 0.2) is 5.65 Å². The second-order valence-electron chi connectivity index (χ2n) is 7.72. The first-order chi connectivity index (χ1) is 17.0. The van der Waals surface area contributed by atoms with Crippen molar-refractivity contribution >= 4 is 62.2 Å². The number of hydrogen-bond acceptors (Lipinski definition) is 4. The van der Waals surface area contributed by atoms with Crippen molar-refractivity contribution in [1.82, 2.24) is 14.6 Å². The van der Waals surface area contributed by atoms with Crippen molar-refractivity contribution in [3.63, 3.8) is 0 Å². The molecule has 5 rings (SSSR count). The number of fused-ring (bicyclic) bond motifs is 1. The summed E-state index contributed by atoms with van der Waals surface area (Å²) in [4.78, 5) is 17.2. The van der Waals surface area contributed by atoms with Crippen molar-refractivity contribution in [3.8, 4) is 11.3 Å². The van der Waals surface area contributed by atoms with Crippen LogP contribution in [0.2, 0.25) is 10.0 Å². The van der Waals surface area contributed by atoms with E-state index in [9.17, 15) is 4.79 Å². The highest BCUT2D eigenvalue weighted by atomic mass is 79.9. The minimum atomic E-state index is -0.253. The van der Waals surface area contributed by atoms with Gasteiger partial charge in [-0.25, -0.2) is 4.98 Å². The Morgan fingerprint density at radius 1 is 0.943 bits per heavy atom. The highest BCUT2D eigenvalue weighted by Crippen LogP contribution is 2.30. The number of nitrogens with zero attached hydrogens (tertiary/aromatic N) is 3. The summed E-state index contributed by atoms with van der Waals surface area (Å²) in [6, 6.07) is 24.1. The summed E-state index contributed by atoms with van der Waals surface area (Å²) < 4.78 is 2.52. The average Bonchev–Trinajstić information content (AvgIpc) is 3.24. The van der Waals surface area contributed by atoms with Crippen LogP contribution in [0.1, 0.15) is 15.9 Å². The van der Waals surface area contributed by atoms with E-state index in [0.717, 1.165) is 27.1 Å². The molecule has 0 unspecified atom stereocenters. The standard InChI is InChI=1S/C26H18BrCl2N5O/c27-20-15-31-34-24(13-23(33-25(20)34)18-5-1-3-7-21(18)28)30-14-16-9-11-17(12-10-16)32-26(35)19-6-2-4-8-22(19)29/h1-13,15,30H,14H2,(H,32,35). The number of amides is 1. The Morgan fingerprint density at radius 2 is 1.66 bits per heavy atom. The van der Waals surface area contributed by atoms with Crippen molar-refractivity contribution in [1.29, 1.82) is 0 Å². The monoisotopic (exact) mass is 565 g/mol. The van der Waals surface area contributed by atoms with Gasteiger partial charge < -0.3 is 10.6 Å². The molecule has 0 atom stereocenters. The summed E-state index contributed by atoms with van der Waals surface area (Å²) in [5.74, 6) is 0.517. The lowest BCUT2D eigenvalue weighted by molar-refractivity contribution is 0.102. The summed E-state index contributed by atoms with van der Waals surface area (Å²) in [6.07, 6.45) is 1.71. The number of nitrogens with one attached hydrogen (secondary N) is 2. The highest BCUT2D eigenvalue weighted by Gasteiger charge is 2.14. The minimum absolute atomic E-state index is 0.253. The first kappa shape index (κ1) is 23.4. The van der Waals surface area contributed by atoms with E-state index in [1.54, 1.807) is 35.0 Å². The number of hydrogen-bond donors (Lipinski definition) is 2. The number of benzene rings is 3. The van der Waals surface area contributed by atoms with Crippen molar-refractivity contribution in [2.45, 2.75) is 6.54 Å². The zero-order valence-corrected chi connectivity index (χ0v) is 21.3. The van der Waals surface area contributed by atoms with Gasteiger partial charge in [-0.1, -0.05) is 65.7 Å². The molecular formula is C26H18BrCl2N5O. The number of carbonyl (C=O) groups excluding carboxylic acids is 1. The van der Waals surface area contributed by atoms with E-state index in [-0.39, 0.29) is 5.91 Å². The summed E-state index contributed by atoms with van der Waals surface area (Å²) in [6.45, 7) is 0.539. The molecule has 2 N–H and O–H groups in total. The van der Waals surface area contributed by atoms with Crippen LogP contribution in [-0.4, -0.2) is 20.5 Å². The topological polar surface area (TPSA) is 71.3 Å². The third-order valence-corrected chi connectivity index (χ3v) is 6.60. The largest absolute Gasteiger partial charge is 0.366 e. The molecule has 0 saturated heterocycles. The van der Waals surface area contributed by atoms with E-state index < -0.39 is 0 Å². The molecule has 0 aliphatic rings. The van der Waals surface area contributed by atoms with Crippen molar-refractivity contribution < 1.29 is 4.79 Å². The molecule has 2 heterocycles. The molecule has 0 spiro atoms. The van der Waals surface area contributed by atoms with Crippen LogP contribution in [0.25, 0.3) is 16.9 Å². The number of anilines is 2. The quantitative estimate of drug-likeness (QED) is 0.226. The number of rotatable bonds is 6. The Kier molecular flexibility index (Phi) is 6.72. The van der Waals surface area contributed by atoms with Crippen molar-refractivity contribution in [2.75, 3.05) is 10.6 Å². The van der Waals surface area contributed by atoms with Gasteiger partial charge in [0.05, 0.1) is 26.9 Å². The van der Waals surface area contributed by atoms with Crippen LogP contribution in [0.3, 0.4) is 0 Å². The second-order valence-corrected chi connectivity index (χ2v) is 9.39. The van der Waals surface area contributed by atoms with E-state index in [2.05, 4.69) is 31.7 Å². The summed E-state index contributed by atoms with van der Waals surface area (Å²) in [7, 11) is 0. The molecular weight excluding hydrogens is 549 g/mol. The maximum Gasteiger partial charge on any atom is 0.257 e. The predicted octanol–water partition coefficient (Wildman–Crippen LogP) is 7.33. The highest BCUT2D eigenvalue weighted by molar-refractivity contribution is 9.10. The molecule has 174 valence electrons. The van der Waals surface area contributed by atoms with E-state index in [0.29, 0.717) is 33.5 Å². The van der Waals surface area contributed by atoms with Gasteiger partial charge in [0.2, 0.25) is 0 Å². The Balaban J connectivity index is 1.34. The Hall–Kier alpha value is -3.39. The van der Waals surface area contributed by atoms with Crippen molar-refractivity contribution in [2.24, 2.45) is 0 Å². The lowest BCUT2D eigenvalue weighted by atomic mass is 10.1. The zero-order valence-electron chi connectivity index (χ0n) is 18.2. The van der Waals surface area contributed by atoms with Crippen LogP contribution < -0.4 is 10.6 Å². The molecule has 1 amide bonds. The maximum absolute atomic E-state index is 12.5. The molecule has 3 aromatic carbocycles. The van der Waals surface area contributed by atoms with Gasteiger partial charge in [-0.2, -0.15) is 9.61 Å².